The average molecular weight is 264 g/mol. The van der Waals surface area contributed by atoms with E-state index in [1.165, 1.54) is 0 Å². The number of ether oxygens (including phenoxy) is 1. The van der Waals surface area contributed by atoms with Crippen LogP contribution in [0.3, 0.4) is 0 Å². The molecule has 0 saturated carbocycles. The van der Waals surface area contributed by atoms with E-state index >= 15 is 0 Å². The summed E-state index contributed by atoms with van der Waals surface area (Å²) in [6.07, 6.45) is 7.63. The molecule has 2 heterocycles. The summed E-state index contributed by atoms with van der Waals surface area (Å²) in [5, 5.41) is 9.94. The van der Waals surface area contributed by atoms with Crippen LogP contribution in [0.1, 0.15) is 12.8 Å². The molecular weight excluding hydrogens is 244 g/mol. The lowest BCUT2D eigenvalue weighted by molar-refractivity contribution is -0.115. The van der Waals surface area contributed by atoms with Crippen LogP contribution in [0.2, 0.25) is 0 Å². The first kappa shape index (κ1) is 13.8. The summed E-state index contributed by atoms with van der Waals surface area (Å²) < 4.78 is 7.35. The number of hydrogen-bond acceptors (Lipinski definition) is 4. The van der Waals surface area contributed by atoms with Gasteiger partial charge >= 0.3 is 0 Å². The highest BCUT2D eigenvalue weighted by Gasteiger charge is 2.16. The van der Waals surface area contributed by atoms with E-state index in [1.54, 1.807) is 12.3 Å². The molecule has 2 N–H and O–H groups in total. The minimum Gasteiger partial charge on any atom is -0.376 e. The number of carbonyl (C=O) groups excluding carboxylic acids is 1. The first-order valence-electron chi connectivity index (χ1n) is 6.53. The number of hydrogen-bond donors (Lipinski definition) is 2. The van der Waals surface area contributed by atoms with Crippen LogP contribution in [-0.2, 0) is 16.1 Å². The molecule has 19 heavy (non-hydrogen) atoms. The van der Waals surface area contributed by atoms with Crippen LogP contribution in [-0.4, -0.2) is 41.5 Å². The number of nitrogens with zero attached hydrogens (tertiary/aromatic N) is 2. The van der Waals surface area contributed by atoms with Crippen molar-refractivity contribution in [1.29, 1.82) is 0 Å². The highest BCUT2D eigenvalue weighted by molar-refractivity contribution is 5.91. The Morgan fingerprint density at radius 1 is 1.68 bits per heavy atom. The zero-order chi connectivity index (χ0) is 13.5. The van der Waals surface area contributed by atoms with Crippen LogP contribution in [0, 0.1) is 0 Å². The summed E-state index contributed by atoms with van der Waals surface area (Å²) in [5.74, 6) is -0.0847. The molecule has 0 bridgehead atoms. The van der Waals surface area contributed by atoms with E-state index in [2.05, 4.69) is 22.3 Å². The van der Waals surface area contributed by atoms with Gasteiger partial charge < -0.3 is 15.4 Å². The molecule has 0 aliphatic carbocycles. The Morgan fingerprint density at radius 3 is 3.32 bits per heavy atom. The molecular formula is C13H20N4O2. The molecule has 0 spiro atoms. The van der Waals surface area contributed by atoms with Crippen molar-refractivity contribution in [1.82, 2.24) is 15.1 Å². The fourth-order valence-corrected chi connectivity index (χ4v) is 2.02. The van der Waals surface area contributed by atoms with Gasteiger partial charge in [0.15, 0.2) is 0 Å². The van der Waals surface area contributed by atoms with Crippen molar-refractivity contribution in [2.24, 2.45) is 0 Å². The zero-order valence-corrected chi connectivity index (χ0v) is 11.0. The van der Waals surface area contributed by atoms with Gasteiger partial charge in [0.1, 0.15) is 0 Å². The second kappa shape index (κ2) is 7.06. The number of amides is 1. The molecule has 0 aromatic carbocycles. The first-order chi connectivity index (χ1) is 9.28. The van der Waals surface area contributed by atoms with Crippen molar-refractivity contribution in [3.8, 4) is 0 Å². The first-order valence-corrected chi connectivity index (χ1v) is 6.53. The Hall–Kier alpha value is -1.66. The van der Waals surface area contributed by atoms with Gasteiger partial charge in [0.2, 0.25) is 5.91 Å². The molecule has 1 aliphatic rings. The summed E-state index contributed by atoms with van der Waals surface area (Å²) >= 11 is 0. The van der Waals surface area contributed by atoms with Gasteiger partial charge in [-0.25, -0.2) is 0 Å². The number of carbonyl (C=O) groups is 1. The largest absolute Gasteiger partial charge is 0.376 e. The van der Waals surface area contributed by atoms with Crippen molar-refractivity contribution in [3.63, 3.8) is 0 Å². The minimum absolute atomic E-state index is 0.0847. The molecule has 104 valence electrons. The average Bonchev–Trinajstić information content (AvgIpc) is 3.02. The monoisotopic (exact) mass is 264 g/mol. The lowest BCUT2D eigenvalue weighted by Gasteiger charge is -2.08. The predicted molar refractivity (Wildman–Crippen MR) is 72.9 cm³/mol. The normalized spacial score (nSPS) is 18.4. The maximum Gasteiger partial charge on any atom is 0.238 e. The third-order valence-corrected chi connectivity index (χ3v) is 2.91. The Morgan fingerprint density at radius 2 is 2.58 bits per heavy atom. The maximum absolute atomic E-state index is 11.6. The van der Waals surface area contributed by atoms with Crippen molar-refractivity contribution < 1.29 is 9.53 Å². The Bertz CT molecular complexity index is 424. The highest BCUT2D eigenvalue weighted by Crippen LogP contribution is 2.14. The summed E-state index contributed by atoms with van der Waals surface area (Å²) in [7, 11) is 0. The molecule has 1 unspecified atom stereocenters. The Balaban J connectivity index is 1.76. The van der Waals surface area contributed by atoms with Crippen molar-refractivity contribution in [2.75, 3.05) is 25.0 Å². The third kappa shape index (κ3) is 4.50. The lowest BCUT2D eigenvalue weighted by atomic mass is 10.2. The summed E-state index contributed by atoms with van der Waals surface area (Å²) in [5.41, 5.74) is 0.711. The standard InChI is InChI=1S/C13H20N4O2/c1-2-5-14-8-13(18)16-11-7-15-17(9-11)10-12-4-3-6-19-12/h2,7,9,12,14H,1,3-6,8,10H2,(H,16,18). The lowest BCUT2D eigenvalue weighted by Crippen LogP contribution is -2.27. The highest BCUT2D eigenvalue weighted by atomic mass is 16.5. The van der Waals surface area contributed by atoms with E-state index < -0.39 is 0 Å². The van der Waals surface area contributed by atoms with E-state index in [4.69, 9.17) is 4.74 Å². The maximum atomic E-state index is 11.6. The van der Waals surface area contributed by atoms with Crippen LogP contribution >= 0.6 is 0 Å². The van der Waals surface area contributed by atoms with Crippen molar-refractivity contribution in [3.05, 3.63) is 25.0 Å². The van der Waals surface area contributed by atoms with Crippen LogP contribution in [0.5, 0.6) is 0 Å². The van der Waals surface area contributed by atoms with Crippen LogP contribution in [0.4, 0.5) is 5.69 Å². The van der Waals surface area contributed by atoms with Crippen molar-refractivity contribution in [2.45, 2.75) is 25.5 Å². The SMILES string of the molecule is C=CCNCC(=O)Nc1cnn(CC2CCCO2)c1. The molecule has 1 aromatic heterocycles. The van der Waals surface area contributed by atoms with Crippen molar-refractivity contribution >= 4 is 11.6 Å². The topological polar surface area (TPSA) is 68.2 Å². The van der Waals surface area contributed by atoms with E-state index in [0.717, 1.165) is 26.0 Å². The zero-order valence-electron chi connectivity index (χ0n) is 11.0. The minimum atomic E-state index is -0.0847. The van der Waals surface area contributed by atoms with Gasteiger partial charge in [0.25, 0.3) is 0 Å². The van der Waals surface area contributed by atoms with E-state index in [-0.39, 0.29) is 18.6 Å². The van der Waals surface area contributed by atoms with Gasteiger partial charge in [-0.15, -0.1) is 6.58 Å². The Labute approximate surface area is 112 Å². The molecule has 1 atom stereocenters. The van der Waals surface area contributed by atoms with E-state index in [9.17, 15) is 4.79 Å². The van der Waals surface area contributed by atoms with Crippen LogP contribution < -0.4 is 10.6 Å². The van der Waals surface area contributed by atoms with Gasteiger partial charge in [0, 0.05) is 19.3 Å². The molecule has 1 aromatic rings. The molecule has 1 saturated heterocycles. The van der Waals surface area contributed by atoms with Gasteiger partial charge in [-0.1, -0.05) is 6.08 Å². The molecule has 2 rings (SSSR count). The summed E-state index contributed by atoms with van der Waals surface area (Å²) in [6.45, 7) is 6.04. The van der Waals surface area contributed by atoms with E-state index in [1.807, 2.05) is 10.9 Å². The fourth-order valence-electron chi connectivity index (χ4n) is 2.02. The molecule has 6 nitrogen and oxygen atoms in total. The molecule has 6 heteroatoms. The van der Waals surface area contributed by atoms with E-state index in [0.29, 0.717) is 12.2 Å². The van der Waals surface area contributed by atoms with Gasteiger partial charge in [0.05, 0.1) is 31.1 Å². The summed E-state index contributed by atoms with van der Waals surface area (Å²) in [6, 6.07) is 0. The number of rotatable bonds is 7. The van der Waals surface area contributed by atoms with Crippen LogP contribution in [0.15, 0.2) is 25.0 Å². The number of aromatic nitrogens is 2. The number of anilines is 1. The fraction of sp³-hybridized carbons (Fsp3) is 0.538. The Kier molecular flexibility index (Phi) is 5.11. The number of nitrogens with one attached hydrogen (secondary N) is 2. The van der Waals surface area contributed by atoms with Gasteiger partial charge in [-0.2, -0.15) is 5.10 Å². The predicted octanol–water partition coefficient (Wildman–Crippen LogP) is 0.776. The second-order valence-corrected chi connectivity index (χ2v) is 4.55. The molecule has 1 fully saturated rings. The van der Waals surface area contributed by atoms with Gasteiger partial charge in [-0.3, -0.25) is 9.48 Å². The molecule has 1 amide bonds. The molecule has 0 radical (unpaired) electrons. The molecule has 1 aliphatic heterocycles. The summed E-state index contributed by atoms with van der Waals surface area (Å²) in [4.78, 5) is 11.6. The second-order valence-electron chi connectivity index (χ2n) is 4.55. The van der Waals surface area contributed by atoms with Crippen LogP contribution in [0.25, 0.3) is 0 Å². The smallest absolute Gasteiger partial charge is 0.238 e. The van der Waals surface area contributed by atoms with Gasteiger partial charge in [-0.05, 0) is 12.8 Å². The quantitative estimate of drug-likeness (QED) is 0.564. The third-order valence-electron chi connectivity index (χ3n) is 2.91.